The summed E-state index contributed by atoms with van der Waals surface area (Å²) < 4.78 is 38.5. The van der Waals surface area contributed by atoms with E-state index in [0.29, 0.717) is 69.5 Å². The van der Waals surface area contributed by atoms with Crippen LogP contribution in [0.15, 0.2) is 41.3 Å². The van der Waals surface area contributed by atoms with Crippen molar-refractivity contribution in [2.24, 2.45) is 0 Å². The summed E-state index contributed by atoms with van der Waals surface area (Å²) in [5, 5.41) is 2.95. The summed E-state index contributed by atoms with van der Waals surface area (Å²) in [6.45, 7) is 7.68. The third-order valence-corrected chi connectivity index (χ3v) is 7.55. The molecule has 2 aliphatic heterocycles. The van der Waals surface area contributed by atoms with E-state index in [9.17, 15) is 13.2 Å². The van der Waals surface area contributed by atoms with E-state index in [4.69, 9.17) is 9.47 Å². The fraction of sp³-hybridized carbons (Fsp3) is 0.435. The molecular weight excluding hydrogens is 430 g/mol. The van der Waals surface area contributed by atoms with E-state index in [0.717, 1.165) is 11.1 Å². The minimum atomic E-state index is -3.72. The minimum absolute atomic E-state index is 0.113. The molecule has 1 amide bonds. The van der Waals surface area contributed by atoms with Crippen LogP contribution in [-0.4, -0.2) is 71.2 Å². The molecule has 2 aromatic rings. The summed E-state index contributed by atoms with van der Waals surface area (Å²) >= 11 is 0. The Labute approximate surface area is 189 Å². The molecule has 0 spiro atoms. The van der Waals surface area contributed by atoms with Crippen LogP contribution in [-0.2, 0) is 19.5 Å². The Balaban J connectivity index is 1.71. The fourth-order valence-corrected chi connectivity index (χ4v) is 5.55. The highest BCUT2D eigenvalue weighted by atomic mass is 32.2. The Morgan fingerprint density at radius 1 is 0.875 bits per heavy atom. The number of carbonyl (C=O) groups is 1. The van der Waals surface area contributed by atoms with E-state index >= 15 is 0 Å². The first-order valence-electron chi connectivity index (χ1n) is 10.8. The van der Waals surface area contributed by atoms with Gasteiger partial charge in [0.1, 0.15) is 0 Å². The minimum Gasteiger partial charge on any atom is -0.379 e. The second-order valence-corrected chi connectivity index (χ2v) is 10.1. The van der Waals surface area contributed by atoms with Crippen LogP contribution in [0.1, 0.15) is 21.5 Å². The fourth-order valence-electron chi connectivity index (χ4n) is 4.12. The van der Waals surface area contributed by atoms with Crippen molar-refractivity contribution < 1.29 is 22.7 Å². The molecule has 0 saturated carbocycles. The summed E-state index contributed by atoms with van der Waals surface area (Å²) in [7, 11) is -3.72. The Hall–Kier alpha value is -2.46. The highest BCUT2D eigenvalue weighted by Gasteiger charge is 2.29. The lowest BCUT2D eigenvalue weighted by Gasteiger charge is -2.31. The van der Waals surface area contributed by atoms with Gasteiger partial charge in [0, 0.05) is 37.6 Å². The Kier molecular flexibility index (Phi) is 6.80. The molecule has 2 saturated heterocycles. The molecule has 0 aromatic heterocycles. The molecule has 0 radical (unpaired) electrons. The SMILES string of the molecule is Cc1cc(C)cc(NC(=O)c2cc(S(=O)(=O)N3CCOCC3)ccc2N2CCOCC2)c1. The summed E-state index contributed by atoms with van der Waals surface area (Å²) in [4.78, 5) is 15.5. The second-order valence-electron chi connectivity index (χ2n) is 8.13. The van der Waals surface area contributed by atoms with E-state index in [2.05, 4.69) is 10.2 Å². The molecule has 2 heterocycles. The number of anilines is 2. The molecule has 2 aromatic carbocycles. The quantitative estimate of drug-likeness (QED) is 0.739. The van der Waals surface area contributed by atoms with E-state index in [1.54, 1.807) is 12.1 Å². The molecule has 2 fully saturated rings. The normalized spacial score (nSPS) is 17.9. The summed E-state index contributed by atoms with van der Waals surface area (Å²) in [5.41, 5.74) is 3.80. The summed E-state index contributed by atoms with van der Waals surface area (Å²) in [5.74, 6) is -0.337. The molecule has 32 heavy (non-hydrogen) atoms. The number of rotatable bonds is 5. The van der Waals surface area contributed by atoms with E-state index in [1.165, 1.54) is 10.4 Å². The van der Waals surface area contributed by atoms with Gasteiger partial charge >= 0.3 is 0 Å². The molecule has 1 N–H and O–H groups in total. The number of aryl methyl sites for hydroxylation is 2. The molecule has 0 atom stereocenters. The molecule has 0 unspecified atom stereocenters. The Bertz CT molecular complexity index is 1070. The predicted molar refractivity (Wildman–Crippen MR) is 123 cm³/mol. The zero-order valence-corrected chi connectivity index (χ0v) is 19.3. The highest BCUT2D eigenvalue weighted by molar-refractivity contribution is 7.89. The van der Waals surface area contributed by atoms with Crippen LogP contribution >= 0.6 is 0 Å². The van der Waals surface area contributed by atoms with Crippen LogP contribution in [0.3, 0.4) is 0 Å². The van der Waals surface area contributed by atoms with E-state index < -0.39 is 10.0 Å². The highest BCUT2D eigenvalue weighted by Crippen LogP contribution is 2.28. The van der Waals surface area contributed by atoms with Gasteiger partial charge in [-0.25, -0.2) is 8.42 Å². The number of morpholine rings is 2. The zero-order valence-electron chi connectivity index (χ0n) is 18.5. The third kappa shape index (κ3) is 4.96. The first kappa shape index (κ1) is 22.7. The van der Waals surface area contributed by atoms with Gasteiger partial charge in [-0.05, 0) is 55.3 Å². The van der Waals surface area contributed by atoms with Crippen molar-refractivity contribution in [2.45, 2.75) is 18.7 Å². The monoisotopic (exact) mass is 459 g/mol. The van der Waals surface area contributed by atoms with Crippen molar-refractivity contribution in [1.29, 1.82) is 0 Å². The lowest BCUT2D eigenvalue weighted by Crippen LogP contribution is -2.41. The Morgan fingerprint density at radius 3 is 2.09 bits per heavy atom. The molecule has 8 nitrogen and oxygen atoms in total. The van der Waals surface area contributed by atoms with Gasteiger partial charge in [0.2, 0.25) is 10.0 Å². The molecule has 9 heteroatoms. The van der Waals surface area contributed by atoms with E-state index in [-0.39, 0.29) is 10.8 Å². The first-order valence-corrected chi connectivity index (χ1v) is 12.2. The number of nitrogens with zero attached hydrogens (tertiary/aromatic N) is 2. The topological polar surface area (TPSA) is 88.2 Å². The van der Waals surface area contributed by atoms with Crippen molar-refractivity contribution >= 4 is 27.3 Å². The third-order valence-electron chi connectivity index (χ3n) is 5.65. The molecular formula is C23H29N3O5S. The van der Waals surface area contributed by atoms with Crippen molar-refractivity contribution in [3.63, 3.8) is 0 Å². The van der Waals surface area contributed by atoms with Gasteiger partial charge < -0.3 is 19.7 Å². The number of ether oxygens (including phenoxy) is 2. The van der Waals surface area contributed by atoms with E-state index in [1.807, 2.05) is 32.0 Å². The molecule has 0 bridgehead atoms. The summed E-state index contributed by atoms with van der Waals surface area (Å²) in [6, 6.07) is 10.6. The van der Waals surface area contributed by atoms with Crippen molar-refractivity contribution in [2.75, 3.05) is 62.8 Å². The molecule has 172 valence electrons. The average Bonchev–Trinajstić information content (AvgIpc) is 2.79. The van der Waals surface area contributed by atoms with Gasteiger partial charge in [0.15, 0.2) is 0 Å². The van der Waals surface area contributed by atoms with Crippen LogP contribution in [0.25, 0.3) is 0 Å². The van der Waals surface area contributed by atoms with Gasteiger partial charge in [-0.2, -0.15) is 4.31 Å². The summed E-state index contributed by atoms with van der Waals surface area (Å²) in [6.07, 6.45) is 0. The van der Waals surface area contributed by atoms with Gasteiger partial charge in [0.25, 0.3) is 5.91 Å². The van der Waals surface area contributed by atoms with Crippen LogP contribution < -0.4 is 10.2 Å². The maximum atomic E-state index is 13.4. The largest absolute Gasteiger partial charge is 0.379 e. The van der Waals surface area contributed by atoms with Crippen molar-refractivity contribution in [1.82, 2.24) is 4.31 Å². The lowest BCUT2D eigenvalue weighted by atomic mass is 10.1. The van der Waals surface area contributed by atoms with Gasteiger partial charge in [-0.3, -0.25) is 4.79 Å². The Morgan fingerprint density at radius 2 is 1.47 bits per heavy atom. The van der Waals surface area contributed by atoms with Crippen LogP contribution in [0.5, 0.6) is 0 Å². The molecule has 0 aliphatic carbocycles. The maximum Gasteiger partial charge on any atom is 0.257 e. The van der Waals surface area contributed by atoms with Crippen LogP contribution in [0.2, 0.25) is 0 Å². The maximum absolute atomic E-state index is 13.4. The standard InChI is InChI=1S/C23H29N3O5S/c1-17-13-18(2)15-19(14-17)24-23(27)21-16-20(32(28,29)26-7-11-31-12-8-26)3-4-22(21)25-5-9-30-10-6-25/h3-4,13-16H,5-12H2,1-2H3,(H,24,27). The number of carbonyl (C=O) groups excluding carboxylic acids is 1. The number of amides is 1. The second kappa shape index (κ2) is 9.58. The number of hydrogen-bond donors (Lipinski definition) is 1. The lowest BCUT2D eigenvalue weighted by molar-refractivity contribution is 0.0730. The smallest absolute Gasteiger partial charge is 0.257 e. The van der Waals surface area contributed by atoms with Crippen LogP contribution in [0.4, 0.5) is 11.4 Å². The number of sulfonamides is 1. The van der Waals surface area contributed by atoms with Gasteiger partial charge in [-0.1, -0.05) is 6.07 Å². The van der Waals surface area contributed by atoms with Crippen LogP contribution in [0, 0.1) is 13.8 Å². The zero-order chi connectivity index (χ0) is 22.7. The molecule has 4 rings (SSSR count). The van der Waals surface area contributed by atoms with Gasteiger partial charge in [-0.15, -0.1) is 0 Å². The van der Waals surface area contributed by atoms with Crippen molar-refractivity contribution in [3.8, 4) is 0 Å². The molecule has 2 aliphatic rings. The number of hydrogen-bond acceptors (Lipinski definition) is 6. The first-order chi connectivity index (χ1) is 15.3. The van der Waals surface area contributed by atoms with Crippen molar-refractivity contribution in [3.05, 3.63) is 53.1 Å². The average molecular weight is 460 g/mol. The predicted octanol–water partition coefficient (Wildman–Crippen LogP) is 2.41. The van der Waals surface area contributed by atoms with Gasteiger partial charge in [0.05, 0.1) is 36.9 Å². The number of benzene rings is 2. The number of nitrogens with one attached hydrogen (secondary N) is 1.